The molecule has 0 heterocycles. The van der Waals surface area contributed by atoms with Crippen LogP contribution in [0, 0.1) is 70.0 Å². The van der Waals surface area contributed by atoms with Crippen LogP contribution < -0.4 is 9.47 Å². The fraction of sp³-hybridized carbons (Fsp3) is 0.278. The summed E-state index contributed by atoms with van der Waals surface area (Å²) in [5.41, 5.74) is 15.2. The first-order valence-electron chi connectivity index (χ1n) is 39.1. The number of hydrogen-bond acceptors (Lipinski definition) is 2. The van der Waals surface area contributed by atoms with Crippen molar-refractivity contribution in [1.82, 2.24) is 0 Å². The normalized spacial score (nSPS) is 35.5. The smallest absolute Gasteiger partial charge is 0.130 e. The summed E-state index contributed by atoms with van der Waals surface area (Å²) < 4.78 is 13.3. The number of fused-ring (bicyclic) bond motifs is 20. The van der Waals surface area contributed by atoms with Crippen LogP contribution in [-0.2, 0) is 10.8 Å². The fourth-order valence-corrected chi connectivity index (χ4v) is 40.3. The van der Waals surface area contributed by atoms with Gasteiger partial charge in [0.1, 0.15) is 11.5 Å². The van der Waals surface area contributed by atoms with Crippen molar-refractivity contribution >= 4 is 302 Å². The third-order valence-corrected chi connectivity index (χ3v) is 40.2. The molecule has 2 heteroatoms. The minimum Gasteiger partial charge on any atom is -0.496 e. The Morgan fingerprint density at radius 2 is 0.586 bits per heavy atom. The highest BCUT2D eigenvalue weighted by molar-refractivity contribution is 6.82. The second-order valence-electron chi connectivity index (χ2n) is 39.5. The lowest BCUT2D eigenvalue weighted by Gasteiger charge is -2.85. The van der Waals surface area contributed by atoms with E-state index in [0.29, 0.717) is 28.6 Å². The quantitative estimate of drug-likeness (QED) is 0.0976. The second-order valence-corrected chi connectivity index (χ2v) is 39.5. The van der Waals surface area contributed by atoms with E-state index in [4.69, 9.17) is 9.47 Å². The Morgan fingerprint density at radius 1 is 0.303 bits per heavy atom. The Bertz CT molecular complexity index is 9030. The summed E-state index contributed by atoms with van der Waals surface area (Å²) in [4.78, 5) is 0. The van der Waals surface area contributed by atoms with Gasteiger partial charge in [-0.15, -0.1) is 0 Å². The van der Waals surface area contributed by atoms with Gasteiger partial charge >= 0.3 is 0 Å². The summed E-state index contributed by atoms with van der Waals surface area (Å²) in [7, 11) is 3.94. The van der Waals surface area contributed by atoms with E-state index >= 15 is 0 Å². The lowest BCUT2D eigenvalue weighted by molar-refractivity contribution is -0.373. The molecule has 6 fully saturated rings. The van der Waals surface area contributed by atoms with E-state index < -0.39 is 0 Å². The Balaban J connectivity index is 0.676. The van der Waals surface area contributed by atoms with Gasteiger partial charge in [0.15, 0.2) is 0 Å². The molecule has 0 amide bonds. The molecule has 6 saturated carbocycles. The van der Waals surface area contributed by atoms with Crippen LogP contribution in [0.2, 0.25) is 0 Å². The molecular formula is C97H42O2. The molecule has 0 radical (unpaired) electrons. The number of ether oxygens (including phenoxy) is 2. The van der Waals surface area contributed by atoms with E-state index in [1.165, 1.54) is 67.2 Å². The maximum absolute atomic E-state index is 6.66. The van der Waals surface area contributed by atoms with Gasteiger partial charge in [0.05, 0.1) is 14.2 Å². The van der Waals surface area contributed by atoms with Gasteiger partial charge < -0.3 is 9.47 Å². The van der Waals surface area contributed by atoms with Gasteiger partial charge in [-0.05, 0) is 440 Å². The van der Waals surface area contributed by atoms with E-state index in [1.54, 1.807) is 302 Å². The van der Waals surface area contributed by atoms with Crippen LogP contribution in [-0.4, -0.2) is 14.2 Å². The molecule has 14 aliphatic rings. The molecule has 30 aromatic carbocycles. The van der Waals surface area contributed by atoms with Crippen molar-refractivity contribution in [2.24, 2.45) is 70.0 Å². The summed E-state index contributed by atoms with van der Waals surface area (Å²) in [6.45, 7) is 5.85. The number of methoxy groups -OCH3 is 2. The monoisotopic (exact) mass is 1240 g/mol. The SMILES string of the molecule is COc1c2c(c(OC)c3ccccc13)[C@@H]1C[C@H]2[C@@H]2[C@H]1[C@@]1(C)[C@@H]3[C@@H]4C[C@@H]([C@@H]5[C@H]4[C@@H]4CC[C@H]5C5=C(C4)CC46c7c8c9c%10c%11c%12c(c%13c%14c4c4c7c7c%15c8c8c9c9c%11c%11c%16c%12c%12c%13c%13c%14c%14c4c4c7c7c%15c%15c8c8c9c%11c9c%11c%16c%12c%12c%13c%13c%14c4c4c7c7c%15c8c9c8c%11c%12c%13c4c78)C%106C5)[C@@H]3[C@@]21C. The van der Waals surface area contributed by atoms with Crippen molar-refractivity contribution < 1.29 is 9.47 Å². The zero-order valence-corrected chi connectivity index (χ0v) is 54.0. The molecule has 0 aromatic heterocycles. The van der Waals surface area contributed by atoms with Crippen LogP contribution in [0.25, 0.3) is 302 Å². The molecule has 14 atom stereocenters. The molecule has 442 valence electrons. The molecule has 0 N–H and O–H groups in total. The first-order chi connectivity index (χ1) is 49.0. The number of benzene rings is 20. The van der Waals surface area contributed by atoms with E-state index in [-0.39, 0.29) is 10.8 Å². The third-order valence-electron chi connectivity index (χ3n) is 40.2. The van der Waals surface area contributed by atoms with E-state index in [1.807, 2.05) is 42.0 Å². The van der Waals surface area contributed by atoms with E-state index in [2.05, 4.69) is 43.7 Å². The minimum atomic E-state index is -0.182. The first kappa shape index (κ1) is 41.2. The summed E-state index contributed by atoms with van der Waals surface area (Å²) in [5.74, 6) is 11.6. The second kappa shape index (κ2) is 9.91. The Hall–Kier alpha value is -9.50. The van der Waals surface area contributed by atoms with Gasteiger partial charge in [-0.25, -0.2) is 0 Å². The fourth-order valence-electron chi connectivity index (χ4n) is 40.3. The van der Waals surface area contributed by atoms with Crippen LogP contribution in [0.15, 0.2) is 35.4 Å². The zero-order chi connectivity index (χ0) is 60.2. The van der Waals surface area contributed by atoms with Gasteiger partial charge in [-0.3, -0.25) is 0 Å². The molecule has 2 nitrogen and oxygen atoms in total. The van der Waals surface area contributed by atoms with Gasteiger partial charge in [0, 0.05) is 32.7 Å². The predicted molar refractivity (Wildman–Crippen MR) is 407 cm³/mol. The van der Waals surface area contributed by atoms with Gasteiger partial charge in [0.2, 0.25) is 0 Å². The van der Waals surface area contributed by atoms with Crippen LogP contribution in [0.4, 0.5) is 0 Å². The topological polar surface area (TPSA) is 18.5 Å². The largest absolute Gasteiger partial charge is 0.496 e. The number of rotatable bonds is 2. The van der Waals surface area contributed by atoms with Crippen LogP contribution >= 0.6 is 0 Å². The first-order valence-corrected chi connectivity index (χ1v) is 39.1. The summed E-state index contributed by atoms with van der Waals surface area (Å²) >= 11 is 0. The number of hydrogen-bond donors (Lipinski definition) is 0. The van der Waals surface area contributed by atoms with Crippen molar-refractivity contribution in [3.8, 4) is 11.5 Å². The average molecular weight is 1240 g/mol. The molecule has 0 unspecified atom stereocenters. The van der Waals surface area contributed by atoms with Gasteiger partial charge in [-0.2, -0.15) is 0 Å². The maximum Gasteiger partial charge on any atom is 0.130 e. The van der Waals surface area contributed by atoms with E-state index in [9.17, 15) is 0 Å². The van der Waals surface area contributed by atoms with Crippen molar-refractivity contribution in [2.75, 3.05) is 14.2 Å². The number of allylic oxidation sites excluding steroid dienone is 2. The molecule has 0 saturated heterocycles. The van der Waals surface area contributed by atoms with Crippen LogP contribution in [0.3, 0.4) is 0 Å². The van der Waals surface area contributed by atoms with Crippen molar-refractivity contribution in [3.63, 3.8) is 0 Å². The summed E-state index contributed by atoms with van der Waals surface area (Å²) in [6.07, 6.45) is 9.61. The predicted octanol–water partition coefficient (Wildman–Crippen LogP) is 24.7. The third kappa shape index (κ3) is 2.46. The van der Waals surface area contributed by atoms with Gasteiger partial charge in [-0.1, -0.05) is 49.3 Å². The highest BCUT2D eigenvalue weighted by atomic mass is 16.5. The molecule has 0 aliphatic heterocycles. The molecule has 99 heavy (non-hydrogen) atoms. The summed E-state index contributed by atoms with van der Waals surface area (Å²) in [6, 6.07) is 9.08. The molecular weight excluding hydrogens is 1200 g/mol. The minimum absolute atomic E-state index is 0.174. The highest BCUT2D eigenvalue weighted by Gasteiger charge is 2.91. The zero-order valence-electron chi connectivity index (χ0n) is 54.0. The van der Waals surface area contributed by atoms with Crippen LogP contribution in [0.5, 0.6) is 11.5 Å². The Kier molecular flexibility index (Phi) is 4.12. The molecule has 2 spiro atoms. The molecule has 6 bridgehead atoms. The Labute approximate surface area is 553 Å². The van der Waals surface area contributed by atoms with Crippen LogP contribution in [0.1, 0.15) is 104 Å². The highest BCUT2D eigenvalue weighted by Crippen LogP contribution is 2.97. The lowest BCUT2D eigenvalue weighted by Crippen LogP contribution is -2.81. The van der Waals surface area contributed by atoms with E-state index in [0.717, 1.165) is 53.3 Å². The molecule has 30 aromatic rings. The summed E-state index contributed by atoms with van der Waals surface area (Å²) in [5, 5.41) is 95.9. The van der Waals surface area contributed by atoms with Crippen molar-refractivity contribution in [1.29, 1.82) is 0 Å². The molecule has 14 aliphatic carbocycles. The molecule has 44 rings (SSSR count). The van der Waals surface area contributed by atoms with Crippen molar-refractivity contribution in [3.05, 3.63) is 68.8 Å². The average Bonchev–Trinajstić information content (AvgIpc) is 1.38. The van der Waals surface area contributed by atoms with Crippen molar-refractivity contribution in [2.45, 2.75) is 81.5 Å². The van der Waals surface area contributed by atoms with Gasteiger partial charge in [0.25, 0.3) is 0 Å². The maximum atomic E-state index is 6.66. The standard InChI is InChI=1S/C97H42O2/c1-94-84-21-12-22(85(84)95(94,2)87-24-13-23(86(87)94)28-29(24)93(99-4)20-8-6-5-7-19(20)92(28)98-3)27-18-10-9-16(26(21)27)11-17-14-96-88-76-68-58-48-40-32-30-31-34-38-36(32)44-52-46(38)56-50-42(34)43-35(31)39-37-33(30)41(40)49-55-45(37)53-47(39)57-51(43)61-60(50)70-64(56)74-66(52)72(62(68)54(44)48)78(88)82(74)90-80(70)81-71(61)65(57)75-67(53)73-63(55)69(59(49)58)77(76)89(96)79(73)83(75)91(81)97(90,96)15-25(17)18/h5-8,16,18,21-24,26-27,84-87H,9-15H2,1-4H3/t16-,18+,21-,22+,23+,24-,26+,27-,84-,85+,86+,87-,94-,95+,96?,97?/m1/s1. The lowest BCUT2D eigenvalue weighted by atomic mass is 9.19. The Morgan fingerprint density at radius 3 is 0.889 bits per heavy atom.